The molecule has 2 aromatic rings. The lowest BCUT2D eigenvalue weighted by Gasteiger charge is -2.16. The highest BCUT2D eigenvalue weighted by molar-refractivity contribution is 6.30. The van der Waals surface area contributed by atoms with Crippen LogP contribution >= 0.6 is 11.6 Å². The minimum Gasteiger partial charge on any atom is -0.378 e. The van der Waals surface area contributed by atoms with Crippen LogP contribution in [0.3, 0.4) is 0 Å². The lowest BCUT2D eigenvalue weighted by Crippen LogP contribution is -2.08. The van der Waals surface area contributed by atoms with Crippen molar-refractivity contribution in [3.8, 4) is 0 Å². The van der Waals surface area contributed by atoms with Crippen molar-refractivity contribution in [1.82, 2.24) is 0 Å². The first kappa shape index (κ1) is 11.9. The van der Waals surface area contributed by atoms with Crippen LogP contribution in [0.4, 0.5) is 10.1 Å². The smallest absolute Gasteiger partial charge is 0.128 e. The largest absolute Gasteiger partial charge is 0.378 e. The number of halogens is 2. The van der Waals surface area contributed by atoms with Crippen LogP contribution in [0.15, 0.2) is 48.5 Å². The monoisotopic (exact) mass is 249 g/mol. The first-order chi connectivity index (χ1) is 8.16. The average molecular weight is 250 g/mol. The van der Waals surface area contributed by atoms with Crippen molar-refractivity contribution >= 4 is 17.3 Å². The Bertz CT molecular complexity index is 496. The Morgan fingerprint density at radius 3 is 2.35 bits per heavy atom. The SMILES string of the molecule is C[C@H](Nc1ccc(Cl)cc1)c1ccccc1F. The number of hydrogen-bond donors (Lipinski definition) is 1. The molecule has 0 heterocycles. The molecular weight excluding hydrogens is 237 g/mol. The van der Waals surface area contributed by atoms with Gasteiger partial charge in [-0.3, -0.25) is 0 Å². The van der Waals surface area contributed by atoms with Crippen molar-refractivity contribution in [3.05, 3.63) is 64.9 Å². The summed E-state index contributed by atoms with van der Waals surface area (Å²) < 4.78 is 13.5. The van der Waals surface area contributed by atoms with Crippen molar-refractivity contribution in [3.63, 3.8) is 0 Å². The molecule has 3 heteroatoms. The Morgan fingerprint density at radius 2 is 1.71 bits per heavy atom. The minimum atomic E-state index is -0.193. The molecule has 0 unspecified atom stereocenters. The lowest BCUT2D eigenvalue weighted by molar-refractivity contribution is 0.600. The number of benzene rings is 2. The zero-order valence-electron chi connectivity index (χ0n) is 9.45. The molecule has 2 rings (SSSR count). The molecule has 0 aliphatic carbocycles. The van der Waals surface area contributed by atoms with Gasteiger partial charge < -0.3 is 5.32 Å². The van der Waals surface area contributed by atoms with Crippen molar-refractivity contribution in [2.75, 3.05) is 5.32 Å². The third-order valence-electron chi connectivity index (χ3n) is 2.60. The zero-order valence-corrected chi connectivity index (χ0v) is 10.2. The molecule has 0 aliphatic rings. The first-order valence-corrected chi connectivity index (χ1v) is 5.81. The summed E-state index contributed by atoms with van der Waals surface area (Å²) in [5.74, 6) is -0.193. The van der Waals surface area contributed by atoms with Crippen LogP contribution in [-0.4, -0.2) is 0 Å². The molecule has 1 nitrogen and oxygen atoms in total. The molecule has 1 atom stereocenters. The normalized spacial score (nSPS) is 12.2. The fraction of sp³-hybridized carbons (Fsp3) is 0.143. The van der Waals surface area contributed by atoms with Crippen LogP contribution in [0.2, 0.25) is 5.02 Å². The van der Waals surface area contributed by atoms with Gasteiger partial charge in [-0.1, -0.05) is 29.8 Å². The van der Waals surface area contributed by atoms with Crippen LogP contribution in [0, 0.1) is 5.82 Å². The van der Waals surface area contributed by atoms with E-state index in [9.17, 15) is 4.39 Å². The van der Waals surface area contributed by atoms with Gasteiger partial charge >= 0.3 is 0 Å². The molecule has 0 aliphatic heterocycles. The van der Waals surface area contributed by atoms with E-state index in [2.05, 4.69) is 5.32 Å². The number of hydrogen-bond acceptors (Lipinski definition) is 1. The van der Waals surface area contributed by atoms with Crippen LogP contribution in [0.1, 0.15) is 18.5 Å². The van der Waals surface area contributed by atoms with Crippen LogP contribution < -0.4 is 5.32 Å². The number of nitrogens with one attached hydrogen (secondary N) is 1. The molecule has 0 bridgehead atoms. The van der Waals surface area contributed by atoms with Crippen LogP contribution in [-0.2, 0) is 0 Å². The maximum atomic E-state index is 13.5. The Labute approximate surface area is 105 Å². The van der Waals surface area contributed by atoms with E-state index in [-0.39, 0.29) is 11.9 Å². The van der Waals surface area contributed by atoms with Gasteiger partial charge in [0.05, 0.1) is 6.04 Å². The Morgan fingerprint density at radius 1 is 1.06 bits per heavy atom. The van der Waals surface area contributed by atoms with E-state index < -0.39 is 0 Å². The lowest BCUT2D eigenvalue weighted by atomic mass is 10.1. The Balaban J connectivity index is 2.14. The first-order valence-electron chi connectivity index (χ1n) is 5.43. The summed E-state index contributed by atoms with van der Waals surface area (Å²) in [5, 5.41) is 3.92. The molecule has 0 radical (unpaired) electrons. The van der Waals surface area contributed by atoms with Crippen LogP contribution in [0.5, 0.6) is 0 Å². The van der Waals surface area contributed by atoms with E-state index in [1.165, 1.54) is 6.07 Å². The summed E-state index contributed by atoms with van der Waals surface area (Å²) in [6.07, 6.45) is 0. The molecule has 0 fully saturated rings. The molecule has 17 heavy (non-hydrogen) atoms. The van der Waals surface area contributed by atoms with Crippen LogP contribution in [0.25, 0.3) is 0 Å². The third-order valence-corrected chi connectivity index (χ3v) is 2.85. The standard InChI is InChI=1S/C14H13ClFN/c1-10(13-4-2-3-5-14(13)16)17-12-8-6-11(15)7-9-12/h2-10,17H,1H3/t10-/m0/s1. The molecule has 0 saturated heterocycles. The molecule has 88 valence electrons. The second kappa shape index (κ2) is 5.19. The van der Waals surface area contributed by atoms with Crippen molar-refractivity contribution in [2.24, 2.45) is 0 Å². The average Bonchev–Trinajstić information content (AvgIpc) is 2.32. The van der Waals surface area contributed by atoms with Crippen molar-refractivity contribution in [2.45, 2.75) is 13.0 Å². The van der Waals surface area contributed by atoms with Gasteiger partial charge in [-0.25, -0.2) is 4.39 Å². The van der Waals surface area contributed by atoms with Crippen molar-refractivity contribution < 1.29 is 4.39 Å². The van der Waals surface area contributed by atoms with E-state index in [1.54, 1.807) is 24.3 Å². The topological polar surface area (TPSA) is 12.0 Å². The van der Waals surface area contributed by atoms with Gasteiger partial charge in [0, 0.05) is 16.3 Å². The van der Waals surface area contributed by atoms with Gasteiger partial charge in [0.15, 0.2) is 0 Å². The zero-order chi connectivity index (χ0) is 12.3. The summed E-state index contributed by atoms with van der Waals surface area (Å²) in [5.41, 5.74) is 1.58. The molecule has 2 aromatic carbocycles. The second-order valence-corrected chi connectivity index (χ2v) is 4.33. The van der Waals surface area contributed by atoms with E-state index in [1.807, 2.05) is 25.1 Å². The third kappa shape index (κ3) is 2.98. The fourth-order valence-electron chi connectivity index (χ4n) is 1.70. The van der Waals surface area contributed by atoms with E-state index in [0.717, 1.165) is 5.69 Å². The molecule has 0 spiro atoms. The van der Waals surface area contributed by atoms with Gasteiger partial charge in [0.2, 0.25) is 0 Å². The predicted octanol–water partition coefficient (Wildman–Crippen LogP) is 4.65. The second-order valence-electron chi connectivity index (χ2n) is 3.89. The van der Waals surface area contributed by atoms with Crippen molar-refractivity contribution in [1.29, 1.82) is 0 Å². The molecular formula is C14H13ClFN. The van der Waals surface area contributed by atoms with Gasteiger partial charge in [0.1, 0.15) is 5.82 Å². The highest BCUT2D eigenvalue weighted by Gasteiger charge is 2.09. The minimum absolute atomic E-state index is 0.0858. The van der Waals surface area contributed by atoms with Gasteiger partial charge in [-0.05, 0) is 37.3 Å². The maximum absolute atomic E-state index is 13.5. The number of anilines is 1. The summed E-state index contributed by atoms with van der Waals surface area (Å²) in [6, 6.07) is 14.0. The van der Waals surface area contributed by atoms with Gasteiger partial charge in [-0.15, -0.1) is 0 Å². The molecule has 1 N–H and O–H groups in total. The number of rotatable bonds is 3. The fourth-order valence-corrected chi connectivity index (χ4v) is 1.83. The maximum Gasteiger partial charge on any atom is 0.128 e. The quantitative estimate of drug-likeness (QED) is 0.835. The predicted molar refractivity (Wildman–Crippen MR) is 69.9 cm³/mol. The van der Waals surface area contributed by atoms with Gasteiger partial charge in [-0.2, -0.15) is 0 Å². The molecule has 0 saturated carbocycles. The summed E-state index contributed by atoms with van der Waals surface area (Å²) >= 11 is 5.80. The Kier molecular flexibility index (Phi) is 3.64. The van der Waals surface area contributed by atoms with E-state index >= 15 is 0 Å². The highest BCUT2D eigenvalue weighted by Crippen LogP contribution is 2.22. The van der Waals surface area contributed by atoms with E-state index in [4.69, 9.17) is 11.6 Å². The van der Waals surface area contributed by atoms with Gasteiger partial charge in [0.25, 0.3) is 0 Å². The van der Waals surface area contributed by atoms with E-state index in [0.29, 0.717) is 10.6 Å². The highest BCUT2D eigenvalue weighted by atomic mass is 35.5. The summed E-state index contributed by atoms with van der Waals surface area (Å²) in [4.78, 5) is 0. The molecule has 0 aromatic heterocycles. The summed E-state index contributed by atoms with van der Waals surface area (Å²) in [7, 11) is 0. The molecule has 0 amide bonds. The Hall–Kier alpha value is -1.54. The summed E-state index contributed by atoms with van der Waals surface area (Å²) in [6.45, 7) is 1.92.